The molecule has 0 aliphatic carbocycles. The van der Waals surface area contributed by atoms with E-state index in [1.165, 1.54) is 12.1 Å². The summed E-state index contributed by atoms with van der Waals surface area (Å²) < 4.78 is 55.2. The summed E-state index contributed by atoms with van der Waals surface area (Å²) in [6.45, 7) is 11.8. The molecule has 50 heavy (non-hydrogen) atoms. The smallest absolute Gasteiger partial charge is 0.412 e. The quantitative estimate of drug-likeness (QED) is 0.210. The molecule has 0 spiro atoms. The van der Waals surface area contributed by atoms with Crippen molar-refractivity contribution in [3.63, 3.8) is 0 Å². The number of carbonyl (C=O) groups is 1. The molecule has 0 saturated carbocycles. The van der Waals surface area contributed by atoms with E-state index in [4.69, 9.17) is 33.2 Å². The van der Waals surface area contributed by atoms with Gasteiger partial charge in [0.05, 0.1) is 31.3 Å². The lowest BCUT2D eigenvalue weighted by atomic mass is 9.99. The Balaban J connectivity index is 1.11. The summed E-state index contributed by atoms with van der Waals surface area (Å²) in [5.41, 5.74) is 1.97. The van der Waals surface area contributed by atoms with Crippen molar-refractivity contribution in [1.82, 2.24) is 9.80 Å². The highest BCUT2D eigenvalue weighted by atomic mass is 19.1. The van der Waals surface area contributed by atoms with Gasteiger partial charge in [-0.3, -0.25) is 9.80 Å². The third-order valence-electron chi connectivity index (χ3n) is 9.78. The second-order valence-corrected chi connectivity index (χ2v) is 14.5. The van der Waals surface area contributed by atoms with Crippen LogP contribution >= 0.6 is 0 Å². The fraction of sp³-hybridized carbons (Fsp3) is 0.513. The van der Waals surface area contributed by atoms with Crippen molar-refractivity contribution < 1.29 is 42.3 Å². The van der Waals surface area contributed by atoms with Crippen molar-refractivity contribution in [3.05, 3.63) is 89.2 Å². The van der Waals surface area contributed by atoms with Gasteiger partial charge in [0.2, 0.25) is 6.79 Å². The maximum absolute atomic E-state index is 14.2. The fourth-order valence-electron chi connectivity index (χ4n) is 7.57. The van der Waals surface area contributed by atoms with Gasteiger partial charge in [0.15, 0.2) is 17.8 Å². The molecule has 268 valence electrons. The summed E-state index contributed by atoms with van der Waals surface area (Å²) in [7, 11) is 0. The predicted octanol–water partition coefficient (Wildman–Crippen LogP) is 6.54. The lowest BCUT2D eigenvalue weighted by Crippen LogP contribution is -2.51. The second kappa shape index (κ2) is 14.8. The molecule has 0 radical (unpaired) electrons. The molecule has 3 saturated heterocycles. The molecule has 4 heterocycles. The van der Waals surface area contributed by atoms with Crippen molar-refractivity contribution in [2.45, 2.75) is 84.0 Å². The highest BCUT2D eigenvalue weighted by Crippen LogP contribution is 2.39. The van der Waals surface area contributed by atoms with Crippen LogP contribution in [0.1, 0.15) is 50.8 Å². The van der Waals surface area contributed by atoms with Crippen LogP contribution in [0.5, 0.6) is 17.2 Å². The van der Waals surface area contributed by atoms with Crippen LogP contribution in [0.3, 0.4) is 0 Å². The molecule has 11 heteroatoms. The molecular weight excluding hydrogens is 643 g/mol. The third kappa shape index (κ3) is 7.86. The summed E-state index contributed by atoms with van der Waals surface area (Å²) in [6.07, 6.45) is -0.0679. The zero-order valence-corrected chi connectivity index (χ0v) is 29.2. The Bertz CT molecular complexity index is 1630. The van der Waals surface area contributed by atoms with Crippen molar-refractivity contribution in [3.8, 4) is 17.2 Å². The number of benzene rings is 3. The first-order chi connectivity index (χ1) is 24.1. The van der Waals surface area contributed by atoms with Crippen molar-refractivity contribution in [1.29, 1.82) is 0 Å². The van der Waals surface area contributed by atoms with E-state index < -0.39 is 11.8 Å². The number of nitrogens with zero attached hydrogens (tertiary/aromatic N) is 2. The molecule has 3 fully saturated rings. The SMILES string of the molecule is CC(C)CN(Cc1ccc2c(c1)OCO2)CC1OC(C)(C)N(C(=O)OC2COC3OCCC23)C1Cc1ccc(OCc2cccc(F)c2)cc1. The number of hydrogen-bond acceptors (Lipinski definition) is 9. The number of hydrogen-bond donors (Lipinski definition) is 0. The van der Waals surface area contributed by atoms with Crippen LogP contribution in [0, 0.1) is 17.7 Å². The topological polar surface area (TPSA) is 88.2 Å². The van der Waals surface area contributed by atoms with Crippen LogP contribution < -0.4 is 14.2 Å². The van der Waals surface area contributed by atoms with Crippen molar-refractivity contribution in [2.24, 2.45) is 11.8 Å². The summed E-state index contributed by atoms with van der Waals surface area (Å²) >= 11 is 0. The van der Waals surface area contributed by atoms with E-state index in [-0.39, 0.29) is 49.7 Å². The zero-order chi connectivity index (χ0) is 34.8. The normalized spacial score (nSPS) is 25.0. The number of amides is 1. The van der Waals surface area contributed by atoms with Gasteiger partial charge in [-0.05, 0) is 85.7 Å². The molecule has 4 aliphatic heterocycles. The number of ether oxygens (including phenoxy) is 7. The predicted molar refractivity (Wildman–Crippen MR) is 182 cm³/mol. The van der Waals surface area contributed by atoms with Gasteiger partial charge in [0.1, 0.15) is 30.0 Å². The molecule has 5 unspecified atom stereocenters. The lowest BCUT2D eigenvalue weighted by Gasteiger charge is -2.34. The highest BCUT2D eigenvalue weighted by Gasteiger charge is 2.52. The van der Waals surface area contributed by atoms with Crippen LogP contribution in [0.2, 0.25) is 0 Å². The number of rotatable bonds is 12. The molecule has 0 aromatic heterocycles. The number of halogens is 1. The third-order valence-corrected chi connectivity index (χ3v) is 9.78. The monoisotopic (exact) mass is 690 g/mol. The Kier molecular flexibility index (Phi) is 10.2. The maximum atomic E-state index is 14.2. The van der Waals surface area contributed by atoms with Gasteiger partial charge < -0.3 is 33.2 Å². The standard InChI is InChI=1S/C39H47FN2O8/c1-25(2)19-41(20-27-10-13-33-34(18-27)48-24-47-33)21-35-32(17-26-8-11-30(12-9-26)45-22-28-6-5-7-29(40)16-28)42(39(3,4)50-35)38(43)49-36-23-46-37-31(36)14-15-44-37/h5-13,16,18,25,31-32,35-37H,14-15,17,19-24H2,1-4H3. The van der Waals surface area contributed by atoms with E-state index in [1.807, 2.05) is 56.3 Å². The second-order valence-electron chi connectivity index (χ2n) is 14.5. The van der Waals surface area contributed by atoms with E-state index in [1.54, 1.807) is 11.0 Å². The lowest BCUT2D eigenvalue weighted by molar-refractivity contribution is -0.0912. The molecule has 10 nitrogen and oxygen atoms in total. The van der Waals surface area contributed by atoms with Gasteiger partial charge >= 0.3 is 6.09 Å². The van der Waals surface area contributed by atoms with Crippen LogP contribution in [0.15, 0.2) is 66.7 Å². The molecule has 7 rings (SSSR count). The molecular formula is C39H47FN2O8. The summed E-state index contributed by atoms with van der Waals surface area (Å²) in [5.74, 6) is 2.33. The van der Waals surface area contributed by atoms with Crippen LogP contribution in [0.4, 0.5) is 9.18 Å². The van der Waals surface area contributed by atoms with Crippen molar-refractivity contribution in [2.75, 3.05) is 33.1 Å². The first kappa shape index (κ1) is 34.5. The van der Waals surface area contributed by atoms with Gasteiger partial charge in [0, 0.05) is 19.6 Å². The number of fused-ring (bicyclic) bond motifs is 2. The van der Waals surface area contributed by atoms with Crippen LogP contribution in [-0.2, 0) is 38.5 Å². The van der Waals surface area contributed by atoms with Gasteiger partial charge in [-0.25, -0.2) is 9.18 Å². The van der Waals surface area contributed by atoms with Crippen LogP contribution in [0.25, 0.3) is 0 Å². The Morgan fingerprint density at radius 2 is 1.80 bits per heavy atom. The fourth-order valence-corrected chi connectivity index (χ4v) is 7.57. The van der Waals surface area contributed by atoms with E-state index in [0.717, 1.165) is 41.2 Å². The summed E-state index contributed by atoms with van der Waals surface area (Å²) in [5, 5.41) is 0. The maximum Gasteiger partial charge on any atom is 0.412 e. The van der Waals surface area contributed by atoms with Gasteiger partial charge in [-0.1, -0.05) is 44.2 Å². The van der Waals surface area contributed by atoms with Gasteiger partial charge in [-0.15, -0.1) is 0 Å². The molecule has 0 N–H and O–H groups in total. The molecule has 1 amide bonds. The minimum Gasteiger partial charge on any atom is -0.489 e. The van der Waals surface area contributed by atoms with Crippen molar-refractivity contribution >= 4 is 6.09 Å². The Hall–Kier alpha value is -3.90. The summed E-state index contributed by atoms with van der Waals surface area (Å²) in [4.78, 5) is 18.3. The molecule has 3 aromatic carbocycles. The van der Waals surface area contributed by atoms with E-state index in [2.05, 4.69) is 24.8 Å². The minimum atomic E-state index is -0.923. The molecule has 3 aromatic rings. The first-order valence-corrected chi connectivity index (χ1v) is 17.6. The van der Waals surface area contributed by atoms with Gasteiger partial charge in [-0.2, -0.15) is 0 Å². The molecule has 0 bridgehead atoms. The minimum absolute atomic E-state index is 0.0305. The Morgan fingerprint density at radius 1 is 1.00 bits per heavy atom. The summed E-state index contributed by atoms with van der Waals surface area (Å²) in [6, 6.07) is 20.0. The van der Waals surface area contributed by atoms with Crippen LogP contribution in [-0.4, -0.2) is 79.3 Å². The number of carbonyl (C=O) groups excluding carboxylic acids is 1. The van der Waals surface area contributed by atoms with E-state index in [0.29, 0.717) is 44.4 Å². The van der Waals surface area contributed by atoms with Gasteiger partial charge in [0.25, 0.3) is 0 Å². The Morgan fingerprint density at radius 3 is 2.60 bits per heavy atom. The molecule has 4 aliphatic rings. The largest absolute Gasteiger partial charge is 0.489 e. The van der Waals surface area contributed by atoms with E-state index >= 15 is 0 Å². The molecule has 5 atom stereocenters. The zero-order valence-electron chi connectivity index (χ0n) is 29.2. The highest BCUT2D eigenvalue weighted by molar-refractivity contribution is 5.70. The average Bonchev–Trinajstić information content (AvgIpc) is 3.85. The van der Waals surface area contributed by atoms with E-state index in [9.17, 15) is 9.18 Å². The average molecular weight is 691 g/mol. The first-order valence-electron chi connectivity index (χ1n) is 17.6. The Labute approximate surface area is 293 Å².